The summed E-state index contributed by atoms with van der Waals surface area (Å²) in [6.07, 6.45) is 11.8. The minimum absolute atomic E-state index is 0.0116. The Morgan fingerprint density at radius 1 is 0.667 bits per heavy atom. The third-order valence-corrected chi connectivity index (χ3v) is 10.9. The molecule has 0 aliphatic carbocycles. The maximum absolute atomic E-state index is 13.5. The number of hydrogen-bond donors (Lipinski definition) is 3. The average Bonchev–Trinajstić information content (AvgIpc) is 3.14. The Morgan fingerprint density at radius 3 is 1.48 bits per heavy atom. The van der Waals surface area contributed by atoms with Crippen LogP contribution in [0.4, 0.5) is 0 Å². The lowest BCUT2D eigenvalue weighted by Crippen LogP contribution is -2.60. The minimum atomic E-state index is -0.918. The number of aliphatic hydroxyl groups excluding tert-OH is 1. The van der Waals surface area contributed by atoms with E-state index in [1.807, 2.05) is 73.9 Å². The van der Waals surface area contributed by atoms with Crippen LogP contribution >= 0.6 is 0 Å². The molecule has 12 nitrogen and oxygen atoms in total. The zero-order valence-electron chi connectivity index (χ0n) is 36.1. The second-order valence-electron chi connectivity index (χ2n) is 16.1. The summed E-state index contributed by atoms with van der Waals surface area (Å²) in [6.45, 7) is 21.4. The Hall–Kier alpha value is -2.80. The van der Waals surface area contributed by atoms with Gasteiger partial charge in [0.25, 0.3) is 0 Å². The van der Waals surface area contributed by atoms with Crippen LogP contribution in [0.5, 0.6) is 0 Å². The summed E-state index contributed by atoms with van der Waals surface area (Å²) in [5.41, 5.74) is 0. The highest BCUT2D eigenvalue weighted by Gasteiger charge is 2.42. The maximum atomic E-state index is 13.5. The van der Waals surface area contributed by atoms with Gasteiger partial charge in [-0.3, -0.25) is 29.0 Å². The highest BCUT2D eigenvalue weighted by atomic mass is 16.5. The molecule has 8 unspecified atom stereocenters. The Bertz CT molecular complexity index is 1190. The zero-order chi connectivity index (χ0) is 41.1. The summed E-state index contributed by atoms with van der Waals surface area (Å²) < 4.78 is 6.05. The van der Waals surface area contributed by atoms with Gasteiger partial charge in [-0.1, -0.05) is 65.8 Å². The molecule has 2 aliphatic rings. The van der Waals surface area contributed by atoms with Gasteiger partial charge in [0.1, 0.15) is 12.1 Å². The molecule has 0 bridgehead atoms. The van der Waals surface area contributed by atoms with Crippen molar-refractivity contribution in [3.8, 4) is 0 Å². The maximum Gasteiger partial charge on any atom is 0.245 e. The first-order valence-corrected chi connectivity index (χ1v) is 20.5. The first-order valence-electron chi connectivity index (χ1n) is 20.5. The van der Waals surface area contributed by atoms with Crippen LogP contribution in [0, 0.1) is 23.7 Å². The van der Waals surface area contributed by atoms with Gasteiger partial charge in [-0.2, -0.15) is 0 Å². The highest BCUT2D eigenvalue weighted by Crippen LogP contribution is 2.24. The van der Waals surface area contributed by atoms with Crippen molar-refractivity contribution < 1.29 is 29.0 Å². The van der Waals surface area contributed by atoms with Crippen molar-refractivity contribution in [2.24, 2.45) is 23.7 Å². The molecular weight excluding hydrogens is 684 g/mol. The van der Waals surface area contributed by atoms with E-state index in [2.05, 4.69) is 47.3 Å². The molecule has 3 N–H and O–H groups in total. The number of aliphatic hydroxyl groups is 1. The molecule has 12 heteroatoms. The molecule has 0 saturated carbocycles. The molecule has 2 fully saturated rings. The van der Waals surface area contributed by atoms with E-state index in [0.29, 0.717) is 26.1 Å². The van der Waals surface area contributed by atoms with Crippen LogP contribution in [0.3, 0.4) is 0 Å². The molecule has 312 valence electrons. The molecular formula is C42H78N6O6. The Labute approximate surface area is 328 Å². The van der Waals surface area contributed by atoms with Crippen LogP contribution in [0.25, 0.3) is 0 Å². The van der Waals surface area contributed by atoms with Crippen LogP contribution in [0.1, 0.15) is 101 Å². The van der Waals surface area contributed by atoms with Gasteiger partial charge in [-0.15, -0.1) is 0 Å². The zero-order valence-corrected chi connectivity index (χ0v) is 36.1. The molecule has 0 radical (unpaired) electrons. The number of ether oxygens (including phenoxy) is 1. The predicted octanol–water partition coefficient (Wildman–Crippen LogP) is 4.33. The minimum Gasteiger partial charge on any atom is -0.390 e. The lowest BCUT2D eigenvalue weighted by molar-refractivity contribution is -0.151. The number of allylic oxidation sites excluding steroid dienone is 4. The summed E-state index contributed by atoms with van der Waals surface area (Å²) in [5.74, 6) is -0.238. The Morgan fingerprint density at radius 2 is 1.07 bits per heavy atom. The number of hydrogen-bond acceptors (Lipinski definition) is 8. The van der Waals surface area contributed by atoms with E-state index in [-0.39, 0.29) is 65.5 Å². The van der Waals surface area contributed by atoms with Crippen LogP contribution in [0.2, 0.25) is 0 Å². The number of carbonyl (C=O) groups excluding carboxylic acids is 4. The van der Waals surface area contributed by atoms with Crippen molar-refractivity contribution in [1.82, 2.24) is 30.2 Å². The third-order valence-electron chi connectivity index (χ3n) is 10.9. The third kappa shape index (κ3) is 14.7. The van der Waals surface area contributed by atoms with E-state index in [9.17, 15) is 24.3 Å². The van der Waals surface area contributed by atoms with Crippen molar-refractivity contribution in [1.29, 1.82) is 0 Å². The monoisotopic (exact) mass is 763 g/mol. The van der Waals surface area contributed by atoms with Gasteiger partial charge in [0.15, 0.2) is 0 Å². The second-order valence-corrected chi connectivity index (χ2v) is 16.1. The first-order chi connectivity index (χ1) is 25.5. The van der Waals surface area contributed by atoms with E-state index in [0.717, 1.165) is 45.2 Å². The van der Waals surface area contributed by atoms with Crippen LogP contribution in [-0.2, 0) is 23.9 Å². The molecule has 8 atom stereocenters. The smallest absolute Gasteiger partial charge is 0.245 e. The summed E-state index contributed by atoms with van der Waals surface area (Å²) in [7, 11) is 7.36. The molecule has 2 rings (SSSR count). The number of nitrogens with one attached hydrogen (secondary N) is 2. The highest BCUT2D eigenvalue weighted by molar-refractivity contribution is 5.91. The second kappa shape index (κ2) is 25.4. The number of likely N-dealkylation sites (N-methyl/N-ethyl adjacent to an activating group) is 4. The van der Waals surface area contributed by atoms with E-state index in [1.165, 1.54) is 4.90 Å². The van der Waals surface area contributed by atoms with Gasteiger partial charge in [-0.05, 0) is 110 Å². The molecule has 2 heterocycles. The molecule has 0 aromatic carbocycles. The fraction of sp³-hybridized carbons (Fsp3) is 0.810. The van der Waals surface area contributed by atoms with Crippen LogP contribution in [-0.4, -0.2) is 146 Å². The van der Waals surface area contributed by atoms with Crippen molar-refractivity contribution in [3.63, 3.8) is 0 Å². The number of amides is 4. The predicted molar refractivity (Wildman–Crippen MR) is 219 cm³/mol. The van der Waals surface area contributed by atoms with E-state index in [4.69, 9.17) is 4.74 Å². The SMILES string of the molecule is C/C=C/CC(C)C(O)C1C(=O)NCCCCN(C)C(C(C)C)C(=O)N1C.C/C=C/CC(C)C(OCC)C1C(=O)NCCCCN(C)C(C(C)C)C(=O)N1C. The van der Waals surface area contributed by atoms with E-state index in [1.54, 1.807) is 19.0 Å². The standard InChI is InChI=1S/C22H41N3O3.C20H37N3O3/c1-8-10-13-17(5)20(28-9-2)19-21(26)23-14-11-12-15-24(6)18(16(3)4)22(27)25(19)7;1-7-8-11-15(4)18(24)17-19(25)21-12-9-10-13-22(5)16(14(2)3)20(26)23(17)6/h8,10,16-20H,9,11-15H2,1-7H3,(H,23,26);7-8,14-18,24H,9-13H2,1-6H3,(H,21,25)/b10-8+;8-7+. The number of rotatable bonds is 12. The normalized spacial score (nSPS) is 26.1. The molecule has 2 aliphatic heterocycles. The lowest BCUT2D eigenvalue weighted by Gasteiger charge is -2.39. The van der Waals surface area contributed by atoms with Crippen molar-refractivity contribution in [2.75, 3.05) is 61.0 Å². The fourth-order valence-corrected chi connectivity index (χ4v) is 7.69. The fourth-order valence-electron chi connectivity index (χ4n) is 7.69. The van der Waals surface area contributed by atoms with Gasteiger partial charge in [0.2, 0.25) is 23.6 Å². The lowest BCUT2D eigenvalue weighted by atomic mass is 9.91. The molecule has 2 saturated heterocycles. The largest absolute Gasteiger partial charge is 0.390 e. The van der Waals surface area contributed by atoms with Crippen LogP contribution < -0.4 is 10.6 Å². The molecule has 0 aromatic rings. The topological polar surface area (TPSA) is 135 Å². The van der Waals surface area contributed by atoms with Crippen molar-refractivity contribution >= 4 is 23.6 Å². The van der Waals surface area contributed by atoms with Crippen LogP contribution in [0.15, 0.2) is 24.3 Å². The Kier molecular flexibility index (Phi) is 23.1. The van der Waals surface area contributed by atoms with Crippen molar-refractivity contribution in [3.05, 3.63) is 24.3 Å². The molecule has 0 spiro atoms. The van der Waals surface area contributed by atoms with E-state index < -0.39 is 18.2 Å². The summed E-state index contributed by atoms with van der Waals surface area (Å²) >= 11 is 0. The summed E-state index contributed by atoms with van der Waals surface area (Å²) in [6, 6.07) is -2.06. The van der Waals surface area contributed by atoms with E-state index >= 15 is 0 Å². The van der Waals surface area contributed by atoms with Gasteiger partial charge in [0.05, 0.1) is 24.3 Å². The number of carbonyl (C=O) groups is 4. The van der Waals surface area contributed by atoms with Gasteiger partial charge < -0.3 is 30.3 Å². The van der Waals surface area contributed by atoms with Gasteiger partial charge >= 0.3 is 0 Å². The summed E-state index contributed by atoms with van der Waals surface area (Å²) in [5, 5.41) is 16.8. The van der Waals surface area contributed by atoms with Gasteiger partial charge in [-0.25, -0.2) is 0 Å². The summed E-state index contributed by atoms with van der Waals surface area (Å²) in [4.78, 5) is 59.9. The van der Waals surface area contributed by atoms with Gasteiger partial charge in [0, 0.05) is 33.8 Å². The molecule has 4 amide bonds. The quantitative estimate of drug-likeness (QED) is 0.251. The average molecular weight is 763 g/mol. The first kappa shape index (κ1) is 49.2. The number of nitrogens with zero attached hydrogens (tertiary/aromatic N) is 4. The molecule has 0 aromatic heterocycles. The van der Waals surface area contributed by atoms with Crippen molar-refractivity contribution in [2.45, 2.75) is 137 Å². The Balaban J connectivity index is 0.000000541. The molecule has 54 heavy (non-hydrogen) atoms.